The second kappa shape index (κ2) is 5.94. The molecule has 0 unspecified atom stereocenters. The summed E-state index contributed by atoms with van der Waals surface area (Å²) in [6.45, 7) is 4.79. The molecule has 0 saturated heterocycles. The van der Waals surface area contributed by atoms with Gasteiger partial charge in [0, 0.05) is 13.0 Å². The molecule has 128 valence electrons. The van der Waals surface area contributed by atoms with Gasteiger partial charge in [-0.25, -0.2) is 8.42 Å². The Hall–Kier alpha value is -2.35. The number of hydrogen-bond donors (Lipinski definition) is 2. The maximum absolute atomic E-state index is 12.8. The molecule has 3 rings (SSSR count). The van der Waals surface area contributed by atoms with Gasteiger partial charge >= 0.3 is 0 Å². The molecule has 2 aromatic rings. The Morgan fingerprint density at radius 2 is 1.96 bits per heavy atom. The molecule has 7 nitrogen and oxygen atoms in total. The molecule has 2 N–H and O–H groups in total. The van der Waals surface area contributed by atoms with Crippen molar-refractivity contribution in [3.63, 3.8) is 0 Å². The monoisotopic (exact) mass is 348 g/mol. The molecular formula is C16H20N4O3S. The number of hydrogen-bond acceptors (Lipinski definition) is 4. The van der Waals surface area contributed by atoms with Crippen molar-refractivity contribution in [1.29, 1.82) is 0 Å². The van der Waals surface area contributed by atoms with Crippen molar-refractivity contribution in [2.24, 2.45) is 0 Å². The van der Waals surface area contributed by atoms with Gasteiger partial charge in [0.25, 0.3) is 10.0 Å². The molecule has 0 radical (unpaired) electrons. The first-order valence-electron chi connectivity index (χ1n) is 7.74. The molecular weight excluding hydrogens is 328 g/mol. The molecule has 1 aliphatic carbocycles. The van der Waals surface area contributed by atoms with Crippen LogP contribution in [0.1, 0.15) is 31.2 Å². The van der Waals surface area contributed by atoms with Crippen LogP contribution in [-0.4, -0.2) is 30.6 Å². The number of H-pyrrole nitrogens is 1. The lowest BCUT2D eigenvalue weighted by molar-refractivity contribution is -0.116. The third kappa shape index (κ3) is 3.01. The van der Waals surface area contributed by atoms with E-state index in [1.165, 1.54) is 6.92 Å². The highest BCUT2D eigenvalue weighted by Crippen LogP contribution is 2.37. The van der Waals surface area contributed by atoms with Gasteiger partial charge in [0.2, 0.25) is 5.91 Å². The zero-order chi connectivity index (χ0) is 17.5. The van der Waals surface area contributed by atoms with Crippen molar-refractivity contribution in [3.05, 3.63) is 35.7 Å². The summed E-state index contributed by atoms with van der Waals surface area (Å²) in [6, 6.07) is 7.09. The number of aryl methyl sites for hydroxylation is 2. The maximum atomic E-state index is 12.8. The van der Waals surface area contributed by atoms with Gasteiger partial charge in [0.1, 0.15) is 4.90 Å². The van der Waals surface area contributed by atoms with Crippen LogP contribution < -0.4 is 9.62 Å². The van der Waals surface area contributed by atoms with Crippen LogP contribution in [0.5, 0.6) is 0 Å². The molecule has 1 amide bonds. The van der Waals surface area contributed by atoms with Gasteiger partial charge < -0.3 is 4.90 Å². The number of carbonyl (C=O) groups excluding carboxylic acids is 1. The number of nitrogens with one attached hydrogen (secondary N) is 2. The van der Waals surface area contributed by atoms with Gasteiger partial charge in [-0.1, -0.05) is 12.1 Å². The summed E-state index contributed by atoms with van der Waals surface area (Å²) in [5, 5.41) is 6.62. The van der Waals surface area contributed by atoms with E-state index < -0.39 is 10.0 Å². The van der Waals surface area contributed by atoms with E-state index in [9.17, 15) is 13.2 Å². The summed E-state index contributed by atoms with van der Waals surface area (Å²) in [6.07, 6.45) is 1.86. The fourth-order valence-electron chi connectivity index (χ4n) is 2.86. The molecule has 1 heterocycles. The number of rotatable bonds is 5. The van der Waals surface area contributed by atoms with Gasteiger partial charge in [0.15, 0.2) is 0 Å². The van der Waals surface area contributed by atoms with Crippen LogP contribution in [0.2, 0.25) is 0 Å². The molecule has 0 bridgehead atoms. The fraction of sp³-hybridized carbons (Fsp3) is 0.375. The summed E-state index contributed by atoms with van der Waals surface area (Å²) in [4.78, 5) is 13.8. The van der Waals surface area contributed by atoms with Crippen molar-refractivity contribution in [1.82, 2.24) is 10.2 Å². The van der Waals surface area contributed by atoms with Crippen molar-refractivity contribution in [2.75, 3.05) is 9.62 Å². The minimum absolute atomic E-state index is 0.0974. The van der Waals surface area contributed by atoms with Crippen LogP contribution in [-0.2, 0) is 14.8 Å². The molecule has 1 saturated carbocycles. The van der Waals surface area contributed by atoms with Crippen LogP contribution >= 0.6 is 0 Å². The van der Waals surface area contributed by atoms with E-state index in [-0.39, 0.29) is 16.8 Å². The van der Waals surface area contributed by atoms with Crippen LogP contribution in [0, 0.1) is 13.8 Å². The Kier molecular flexibility index (Phi) is 4.08. The standard InChI is InChI=1S/C16H20N4O3S/c1-10-16(11(2)18-17-10)24(22,23)19-14-6-4-5-7-15(14)20(12(3)21)13-8-9-13/h4-7,13,19H,8-9H2,1-3H3,(H,17,18). The van der Waals surface area contributed by atoms with E-state index in [4.69, 9.17) is 0 Å². The van der Waals surface area contributed by atoms with Crippen molar-refractivity contribution < 1.29 is 13.2 Å². The molecule has 8 heteroatoms. The summed E-state index contributed by atoms with van der Waals surface area (Å²) < 4.78 is 28.1. The number of benzene rings is 1. The quantitative estimate of drug-likeness (QED) is 0.867. The second-order valence-corrected chi connectivity index (χ2v) is 7.63. The van der Waals surface area contributed by atoms with Gasteiger partial charge in [0.05, 0.1) is 22.8 Å². The fourth-order valence-corrected chi connectivity index (χ4v) is 4.31. The van der Waals surface area contributed by atoms with Gasteiger partial charge in [-0.15, -0.1) is 0 Å². The third-order valence-electron chi connectivity index (χ3n) is 3.99. The van der Waals surface area contributed by atoms with Gasteiger partial charge in [-0.2, -0.15) is 5.10 Å². The lowest BCUT2D eigenvalue weighted by atomic mass is 10.2. The normalized spacial score (nSPS) is 14.5. The molecule has 1 fully saturated rings. The van der Waals surface area contributed by atoms with Crippen LogP contribution in [0.25, 0.3) is 0 Å². The molecule has 24 heavy (non-hydrogen) atoms. The number of amides is 1. The molecule has 1 aromatic heterocycles. The predicted molar refractivity (Wildman–Crippen MR) is 91.5 cm³/mol. The van der Waals surface area contributed by atoms with Crippen molar-refractivity contribution in [2.45, 2.75) is 44.6 Å². The number of sulfonamides is 1. The van der Waals surface area contributed by atoms with Crippen LogP contribution in [0.15, 0.2) is 29.2 Å². The summed E-state index contributed by atoms with van der Waals surface area (Å²) >= 11 is 0. The lowest BCUT2D eigenvalue weighted by Gasteiger charge is -2.24. The minimum Gasteiger partial charge on any atom is -0.308 e. The summed E-state index contributed by atoms with van der Waals surface area (Å²) in [7, 11) is -3.80. The van der Waals surface area contributed by atoms with E-state index in [0.29, 0.717) is 22.8 Å². The van der Waals surface area contributed by atoms with Crippen LogP contribution in [0.4, 0.5) is 11.4 Å². The van der Waals surface area contributed by atoms with Crippen LogP contribution in [0.3, 0.4) is 0 Å². The molecule has 0 aliphatic heterocycles. The van der Waals surface area contributed by atoms with Crippen molar-refractivity contribution in [3.8, 4) is 0 Å². The summed E-state index contributed by atoms with van der Waals surface area (Å²) in [5.41, 5.74) is 1.85. The molecule has 1 aromatic carbocycles. The van der Waals surface area contributed by atoms with E-state index in [1.54, 1.807) is 43.0 Å². The Labute approximate surface area is 141 Å². The van der Waals surface area contributed by atoms with E-state index >= 15 is 0 Å². The first kappa shape index (κ1) is 16.5. The third-order valence-corrected chi connectivity index (χ3v) is 5.62. The Morgan fingerprint density at radius 1 is 1.29 bits per heavy atom. The van der Waals surface area contributed by atoms with E-state index in [1.807, 2.05) is 0 Å². The number of anilines is 2. The Balaban J connectivity index is 2.01. The smallest absolute Gasteiger partial charge is 0.265 e. The topological polar surface area (TPSA) is 95.2 Å². The number of carbonyl (C=O) groups is 1. The number of para-hydroxylation sites is 2. The zero-order valence-corrected chi connectivity index (χ0v) is 14.6. The van der Waals surface area contributed by atoms with Crippen molar-refractivity contribution >= 4 is 27.3 Å². The minimum atomic E-state index is -3.80. The highest BCUT2D eigenvalue weighted by atomic mass is 32.2. The van der Waals surface area contributed by atoms with E-state index in [0.717, 1.165) is 12.8 Å². The molecule has 0 atom stereocenters. The lowest BCUT2D eigenvalue weighted by Crippen LogP contribution is -2.31. The Bertz CT molecular complexity index is 865. The first-order valence-corrected chi connectivity index (χ1v) is 9.23. The zero-order valence-electron chi connectivity index (χ0n) is 13.8. The SMILES string of the molecule is CC(=O)N(c1ccccc1NS(=O)(=O)c1c(C)n[nH]c1C)C1CC1. The van der Waals surface area contributed by atoms with Gasteiger partial charge in [-0.05, 0) is 38.8 Å². The maximum Gasteiger partial charge on any atom is 0.265 e. The predicted octanol–water partition coefficient (Wildman–Crippen LogP) is 2.34. The number of nitrogens with zero attached hydrogens (tertiary/aromatic N) is 2. The first-order chi connectivity index (χ1) is 11.3. The molecule has 1 aliphatic rings. The highest BCUT2D eigenvalue weighted by molar-refractivity contribution is 7.92. The van der Waals surface area contributed by atoms with E-state index in [2.05, 4.69) is 14.9 Å². The highest BCUT2D eigenvalue weighted by Gasteiger charge is 2.34. The Morgan fingerprint density at radius 3 is 2.50 bits per heavy atom. The molecule has 0 spiro atoms. The average molecular weight is 348 g/mol. The second-order valence-electron chi connectivity index (χ2n) is 6.01. The number of aromatic amines is 1. The summed E-state index contributed by atoms with van der Waals surface area (Å²) in [5.74, 6) is -0.0974. The number of aromatic nitrogens is 2. The largest absolute Gasteiger partial charge is 0.308 e. The van der Waals surface area contributed by atoms with Gasteiger partial charge in [-0.3, -0.25) is 14.6 Å². The average Bonchev–Trinajstić information content (AvgIpc) is 3.25.